The van der Waals surface area contributed by atoms with Gasteiger partial charge in [-0.05, 0) is 51.0 Å². The molecule has 0 aliphatic heterocycles. The Kier molecular flexibility index (Phi) is 10.3. The second kappa shape index (κ2) is 13.2. The fraction of sp³-hybridized carbons (Fsp3) is 0.385. The van der Waals surface area contributed by atoms with Crippen molar-refractivity contribution in [3.05, 3.63) is 59.7 Å². The van der Waals surface area contributed by atoms with E-state index in [0.717, 1.165) is 25.7 Å². The molecule has 0 saturated carbocycles. The van der Waals surface area contributed by atoms with Crippen molar-refractivity contribution in [3.8, 4) is 11.5 Å². The minimum atomic E-state index is -0.340. The summed E-state index contributed by atoms with van der Waals surface area (Å²) in [6, 6.07) is 13.5. The van der Waals surface area contributed by atoms with Gasteiger partial charge in [0.2, 0.25) is 0 Å². The quantitative estimate of drug-likeness (QED) is 0.172. The van der Waals surface area contributed by atoms with Gasteiger partial charge in [0, 0.05) is 12.8 Å². The lowest BCUT2D eigenvalue weighted by atomic mass is 10.1. The van der Waals surface area contributed by atoms with E-state index in [1.807, 2.05) is 0 Å². The fourth-order valence-electron chi connectivity index (χ4n) is 3.29. The van der Waals surface area contributed by atoms with Crippen LogP contribution in [0.3, 0.4) is 0 Å². The van der Waals surface area contributed by atoms with Gasteiger partial charge < -0.3 is 9.47 Å². The van der Waals surface area contributed by atoms with Gasteiger partial charge in [-0.25, -0.2) is 0 Å². The molecule has 2 aromatic carbocycles. The molecule has 0 N–H and O–H groups in total. The van der Waals surface area contributed by atoms with Gasteiger partial charge in [0.25, 0.3) is 0 Å². The minimum absolute atomic E-state index is 0.139. The lowest BCUT2D eigenvalue weighted by Gasteiger charge is -2.08. The van der Waals surface area contributed by atoms with E-state index in [0.29, 0.717) is 48.3 Å². The molecule has 2 aromatic rings. The zero-order valence-corrected chi connectivity index (χ0v) is 18.7. The first kappa shape index (κ1) is 25.0. The number of unbranched alkanes of at least 4 members (excludes halogenated alkanes) is 5. The first-order valence-corrected chi connectivity index (χ1v) is 11.0. The van der Waals surface area contributed by atoms with Crippen LogP contribution in [-0.4, -0.2) is 23.5 Å². The van der Waals surface area contributed by atoms with Gasteiger partial charge in [0.05, 0.1) is 11.1 Å². The van der Waals surface area contributed by atoms with E-state index in [1.54, 1.807) is 48.5 Å². The van der Waals surface area contributed by atoms with Crippen molar-refractivity contribution in [3.63, 3.8) is 0 Å². The third kappa shape index (κ3) is 8.46. The minimum Gasteiger partial charge on any atom is -0.426 e. The molecule has 170 valence electrons. The smallest absolute Gasteiger partial charge is 0.311 e. The summed E-state index contributed by atoms with van der Waals surface area (Å²) in [4.78, 5) is 47.2. The largest absolute Gasteiger partial charge is 0.426 e. The predicted octanol–water partition coefficient (Wildman–Crippen LogP) is 5.72. The summed E-state index contributed by atoms with van der Waals surface area (Å²) in [5.74, 6) is -0.342. The molecule has 0 radical (unpaired) electrons. The van der Waals surface area contributed by atoms with Crippen molar-refractivity contribution in [2.75, 3.05) is 0 Å². The molecule has 0 spiro atoms. The number of benzene rings is 2. The Morgan fingerprint density at radius 1 is 0.562 bits per heavy atom. The second-order valence-electron chi connectivity index (χ2n) is 7.67. The molecule has 0 amide bonds. The second-order valence-corrected chi connectivity index (χ2v) is 7.67. The third-order valence-electron chi connectivity index (χ3n) is 4.99. The molecule has 6 nitrogen and oxygen atoms in total. The Balaban J connectivity index is 1.56. The molecule has 2 rings (SSSR count). The van der Waals surface area contributed by atoms with Crippen LogP contribution >= 0.6 is 0 Å². The van der Waals surface area contributed by atoms with Crippen molar-refractivity contribution in [2.24, 2.45) is 0 Å². The number of ketones is 2. The fourth-order valence-corrected chi connectivity index (χ4v) is 3.29. The molecular formula is C26H30O6. The predicted molar refractivity (Wildman–Crippen MR) is 121 cm³/mol. The Labute approximate surface area is 188 Å². The number of esters is 2. The molecule has 0 unspecified atom stereocenters. The first-order chi connectivity index (χ1) is 15.4. The maximum Gasteiger partial charge on any atom is 0.311 e. The highest BCUT2D eigenvalue weighted by Crippen LogP contribution is 2.21. The van der Waals surface area contributed by atoms with E-state index in [-0.39, 0.29) is 23.5 Å². The molecule has 0 bridgehead atoms. The van der Waals surface area contributed by atoms with Crippen LogP contribution in [0, 0.1) is 0 Å². The number of Topliss-reactive ketones (excluding diaryl/α,β-unsaturated/α-hetero) is 2. The van der Waals surface area contributed by atoms with E-state index < -0.39 is 0 Å². The molecule has 0 saturated heterocycles. The number of rotatable bonds is 13. The lowest BCUT2D eigenvalue weighted by molar-refractivity contribution is -0.135. The molecule has 32 heavy (non-hydrogen) atoms. The highest BCUT2D eigenvalue weighted by Gasteiger charge is 2.13. The number of carbonyl (C=O) groups excluding carboxylic acids is 4. The third-order valence-corrected chi connectivity index (χ3v) is 4.99. The van der Waals surface area contributed by atoms with E-state index in [1.165, 1.54) is 13.8 Å². The van der Waals surface area contributed by atoms with Gasteiger partial charge in [0.15, 0.2) is 11.6 Å². The Hall–Kier alpha value is -3.28. The van der Waals surface area contributed by atoms with Crippen LogP contribution < -0.4 is 9.47 Å². The van der Waals surface area contributed by atoms with Crippen LogP contribution in [0.1, 0.15) is 85.9 Å². The van der Waals surface area contributed by atoms with Crippen LogP contribution in [0.4, 0.5) is 0 Å². The maximum absolute atomic E-state index is 12.0. The van der Waals surface area contributed by atoms with Crippen molar-refractivity contribution in [1.29, 1.82) is 0 Å². The SMILES string of the molecule is CC(=O)c1ccccc1OC(=O)CCCCCCCCC(=O)Oc1ccccc1C(C)=O. The van der Waals surface area contributed by atoms with Gasteiger partial charge >= 0.3 is 11.9 Å². The Bertz CT molecular complexity index is 869. The molecule has 0 atom stereocenters. The van der Waals surface area contributed by atoms with Gasteiger partial charge in [-0.1, -0.05) is 49.9 Å². The molecule has 6 heteroatoms. The summed E-state index contributed by atoms with van der Waals surface area (Å²) in [7, 11) is 0. The normalized spacial score (nSPS) is 10.4. The van der Waals surface area contributed by atoms with Crippen LogP contribution in [0.15, 0.2) is 48.5 Å². The average molecular weight is 439 g/mol. The molecule has 0 aliphatic carbocycles. The van der Waals surface area contributed by atoms with E-state index in [2.05, 4.69) is 0 Å². The zero-order valence-electron chi connectivity index (χ0n) is 18.7. The molecule has 0 heterocycles. The monoisotopic (exact) mass is 438 g/mol. The number of carbonyl (C=O) groups is 4. The zero-order chi connectivity index (χ0) is 23.3. The summed E-state index contributed by atoms with van der Waals surface area (Å²) < 4.78 is 10.6. The molecule has 0 aromatic heterocycles. The van der Waals surface area contributed by atoms with Crippen LogP contribution in [0.5, 0.6) is 11.5 Å². The maximum atomic E-state index is 12.0. The summed E-state index contributed by atoms with van der Waals surface area (Å²) in [5, 5.41) is 0. The molecular weight excluding hydrogens is 408 g/mol. The molecule has 0 aliphatic rings. The van der Waals surface area contributed by atoms with Crippen LogP contribution in [0.2, 0.25) is 0 Å². The first-order valence-electron chi connectivity index (χ1n) is 11.0. The van der Waals surface area contributed by atoms with Crippen molar-refractivity contribution in [2.45, 2.75) is 65.2 Å². The Morgan fingerprint density at radius 3 is 1.28 bits per heavy atom. The molecule has 0 fully saturated rings. The van der Waals surface area contributed by atoms with Crippen molar-refractivity contribution < 1.29 is 28.7 Å². The van der Waals surface area contributed by atoms with Crippen LogP contribution in [-0.2, 0) is 9.59 Å². The van der Waals surface area contributed by atoms with Gasteiger partial charge in [-0.3, -0.25) is 19.2 Å². The van der Waals surface area contributed by atoms with Crippen LogP contribution in [0.25, 0.3) is 0 Å². The number of hydrogen-bond acceptors (Lipinski definition) is 6. The Morgan fingerprint density at radius 2 is 0.906 bits per heavy atom. The summed E-state index contributed by atoms with van der Waals surface area (Å²) in [6.45, 7) is 2.88. The van der Waals surface area contributed by atoms with E-state index >= 15 is 0 Å². The summed E-state index contributed by atoms with van der Waals surface area (Å²) in [6.07, 6.45) is 5.72. The van der Waals surface area contributed by atoms with Gasteiger partial charge in [-0.15, -0.1) is 0 Å². The topological polar surface area (TPSA) is 86.7 Å². The van der Waals surface area contributed by atoms with E-state index in [4.69, 9.17) is 9.47 Å². The van der Waals surface area contributed by atoms with Gasteiger partial charge in [-0.2, -0.15) is 0 Å². The lowest BCUT2D eigenvalue weighted by Crippen LogP contribution is -2.10. The summed E-state index contributed by atoms with van der Waals surface area (Å²) in [5.41, 5.74) is 0.813. The highest BCUT2D eigenvalue weighted by atomic mass is 16.5. The van der Waals surface area contributed by atoms with Crippen molar-refractivity contribution in [1.82, 2.24) is 0 Å². The average Bonchev–Trinajstić information content (AvgIpc) is 2.76. The number of para-hydroxylation sites is 2. The number of ether oxygens (including phenoxy) is 2. The van der Waals surface area contributed by atoms with Gasteiger partial charge in [0.1, 0.15) is 11.5 Å². The summed E-state index contributed by atoms with van der Waals surface area (Å²) >= 11 is 0. The number of hydrogen-bond donors (Lipinski definition) is 0. The standard InChI is InChI=1S/C26H30O6/c1-19(27)21-13-9-11-15-23(21)31-25(29)17-7-5-3-4-6-8-18-26(30)32-24-16-12-10-14-22(24)20(2)28/h9-16H,3-8,17-18H2,1-2H3. The van der Waals surface area contributed by atoms with Crippen molar-refractivity contribution >= 4 is 23.5 Å². The van der Waals surface area contributed by atoms with E-state index in [9.17, 15) is 19.2 Å². The highest BCUT2D eigenvalue weighted by molar-refractivity contribution is 5.98.